The Balaban J connectivity index is 4.22. The van der Waals surface area contributed by atoms with Crippen molar-refractivity contribution in [1.82, 2.24) is 0 Å². The first-order valence-electron chi connectivity index (χ1n) is 33.8. The fraction of sp³-hybridized carbons (Fsp3) is 0.817. The van der Waals surface area contributed by atoms with Crippen molar-refractivity contribution in [2.24, 2.45) is 0 Å². The second-order valence-electron chi connectivity index (χ2n) is 22.7. The van der Waals surface area contributed by atoms with Crippen LogP contribution in [0.15, 0.2) is 60.8 Å². The molecule has 448 valence electrons. The van der Waals surface area contributed by atoms with E-state index in [1.165, 1.54) is 218 Å². The van der Waals surface area contributed by atoms with E-state index in [9.17, 15) is 14.4 Å². The van der Waals surface area contributed by atoms with E-state index < -0.39 is 6.10 Å². The van der Waals surface area contributed by atoms with Crippen LogP contribution in [0.4, 0.5) is 0 Å². The highest BCUT2D eigenvalue weighted by molar-refractivity contribution is 5.71. The molecule has 0 N–H and O–H groups in total. The van der Waals surface area contributed by atoms with Gasteiger partial charge in [-0.1, -0.05) is 287 Å². The van der Waals surface area contributed by atoms with Gasteiger partial charge in [-0.25, -0.2) is 0 Å². The van der Waals surface area contributed by atoms with Gasteiger partial charge in [-0.05, 0) is 109 Å². The zero-order valence-corrected chi connectivity index (χ0v) is 51.5. The van der Waals surface area contributed by atoms with Crippen LogP contribution in [-0.4, -0.2) is 37.2 Å². The van der Waals surface area contributed by atoms with Gasteiger partial charge in [-0.3, -0.25) is 14.4 Å². The maximum atomic E-state index is 12.9. The fourth-order valence-electron chi connectivity index (χ4n) is 9.85. The maximum absolute atomic E-state index is 12.9. The third-order valence-electron chi connectivity index (χ3n) is 15.0. The molecule has 0 aliphatic heterocycles. The topological polar surface area (TPSA) is 78.9 Å². The minimum Gasteiger partial charge on any atom is -0.462 e. The van der Waals surface area contributed by atoms with Crippen molar-refractivity contribution in [1.29, 1.82) is 0 Å². The van der Waals surface area contributed by atoms with Gasteiger partial charge in [0.2, 0.25) is 0 Å². The highest BCUT2D eigenvalue weighted by Gasteiger charge is 2.19. The Kier molecular flexibility index (Phi) is 63.2. The summed E-state index contributed by atoms with van der Waals surface area (Å²) in [6.07, 6.45) is 83.8. The summed E-state index contributed by atoms with van der Waals surface area (Å²) in [7, 11) is 0. The number of hydrogen-bond acceptors (Lipinski definition) is 6. The van der Waals surface area contributed by atoms with Gasteiger partial charge in [0.05, 0.1) is 0 Å². The molecule has 0 aliphatic rings. The minimum atomic E-state index is -0.784. The largest absolute Gasteiger partial charge is 0.462 e. The molecule has 0 amide bonds. The van der Waals surface area contributed by atoms with Crippen molar-refractivity contribution in [2.75, 3.05) is 13.2 Å². The number of carbonyl (C=O) groups is 3. The first kappa shape index (κ1) is 74.1. The summed E-state index contributed by atoms with van der Waals surface area (Å²) < 4.78 is 16.9. The minimum absolute atomic E-state index is 0.0796. The molecule has 0 spiro atoms. The Morgan fingerprint density at radius 2 is 0.468 bits per heavy atom. The summed E-state index contributed by atoms with van der Waals surface area (Å²) in [5.74, 6) is -0.884. The molecule has 0 fully saturated rings. The number of carbonyl (C=O) groups excluding carboxylic acids is 3. The van der Waals surface area contributed by atoms with Crippen LogP contribution in [0.25, 0.3) is 0 Å². The number of esters is 3. The molecule has 0 saturated heterocycles. The standard InChI is InChI=1S/C71H128O6/c1-4-7-10-13-16-19-22-25-28-30-31-32-33-34-35-36-37-38-39-40-41-42-44-46-49-52-55-58-61-64-70(73)76-67-68(66-75-69(72)63-60-57-54-51-48-45-27-24-21-18-15-12-9-6-3)77-71(74)65-62-59-56-53-50-47-43-29-26-23-20-17-14-11-8-5-2/h20,22-25,27,29-31,43,68H,4-19,21,26,28,32-42,44-67H2,1-3H3/b23-20-,25-22-,27-24-,31-30-,43-29-. The lowest BCUT2D eigenvalue weighted by Gasteiger charge is -2.18. The molecule has 0 bridgehead atoms. The number of ether oxygens (including phenoxy) is 3. The summed E-state index contributed by atoms with van der Waals surface area (Å²) in [6, 6.07) is 0. The van der Waals surface area contributed by atoms with Crippen molar-refractivity contribution in [3.8, 4) is 0 Å². The van der Waals surface area contributed by atoms with Crippen LogP contribution in [0.5, 0.6) is 0 Å². The molecular weight excluding hydrogens is 949 g/mol. The predicted octanol–water partition coefficient (Wildman–Crippen LogP) is 23.1. The molecule has 0 radical (unpaired) electrons. The second kappa shape index (κ2) is 65.6. The Morgan fingerprint density at radius 1 is 0.260 bits per heavy atom. The quantitative estimate of drug-likeness (QED) is 0.0261. The molecule has 0 heterocycles. The SMILES string of the molecule is CCCCCC/C=C\C/C=C\CCCCCCCC(=O)OC(COC(=O)CCCCCCC/C=C\CCCCCCC)COC(=O)CCCCCCCCCCCCCCCCCCC/C=C\C/C=C\CCCCCCC. The highest BCUT2D eigenvalue weighted by atomic mass is 16.6. The van der Waals surface area contributed by atoms with E-state index in [0.717, 1.165) is 96.3 Å². The lowest BCUT2D eigenvalue weighted by Crippen LogP contribution is -2.30. The summed E-state index contributed by atoms with van der Waals surface area (Å²) in [5.41, 5.74) is 0. The van der Waals surface area contributed by atoms with E-state index >= 15 is 0 Å². The van der Waals surface area contributed by atoms with E-state index in [4.69, 9.17) is 14.2 Å². The highest BCUT2D eigenvalue weighted by Crippen LogP contribution is 2.17. The van der Waals surface area contributed by atoms with E-state index in [1.807, 2.05) is 0 Å². The van der Waals surface area contributed by atoms with Crippen molar-refractivity contribution in [3.05, 3.63) is 60.8 Å². The van der Waals surface area contributed by atoms with Gasteiger partial charge in [-0.15, -0.1) is 0 Å². The van der Waals surface area contributed by atoms with E-state index in [0.29, 0.717) is 19.3 Å². The Hall–Kier alpha value is -2.89. The van der Waals surface area contributed by atoms with Crippen molar-refractivity contribution in [3.63, 3.8) is 0 Å². The second-order valence-corrected chi connectivity index (χ2v) is 22.7. The molecule has 0 aromatic heterocycles. The Labute approximate surface area is 479 Å². The molecule has 1 unspecified atom stereocenters. The van der Waals surface area contributed by atoms with Gasteiger partial charge < -0.3 is 14.2 Å². The predicted molar refractivity (Wildman–Crippen MR) is 335 cm³/mol. The molecule has 6 nitrogen and oxygen atoms in total. The fourth-order valence-corrected chi connectivity index (χ4v) is 9.85. The molecular formula is C71H128O6. The van der Waals surface area contributed by atoms with Gasteiger partial charge >= 0.3 is 17.9 Å². The van der Waals surface area contributed by atoms with Crippen LogP contribution >= 0.6 is 0 Å². The van der Waals surface area contributed by atoms with Crippen LogP contribution < -0.4 is 0 Å². The molecule has 0 saturated carbocycles. The van der Waals surface area contributed by atoms with Gasteiger partial charge in [0, 0.05) is 19.3 Å². The van der Waals surface area contributed by atoms with Crippen molar-refractivity contribution in [2.45, 2.75) is 361 Å². The average Bonchev–Trinajstić information content (AvgIpc) is 3.43. The van der Waals surface area contributed by atoms with Crippen molar-refractivity contribution >= 4 is 17.9 Å². The van der Waals surface area contributed by atoms with Crippen LogP contribution in [0.1, 0.15) is 355 Å². The van der Waals surface area contributed by atoms with Gasteiger partial charge in [0.1, 0.15) is 13.2 Å². The third kappa shape index (κ3) is 63.8. The Bertz CT molecular complexity index is 1380. The maximum Gasteiger partial charge on any atom is 0.306 e. The molecule has 0 aliphatic carbocycles. The van der Waals surface area contributed by atoms with E-state index in [1.54, 1.807) is 0 Å². The first-order valence-corrected chi connectivity index (χ1v) is 33.8. The molecule has 1 atom stereocenters. The number of unbranched alkanes of at least 4 members (excludes halogenated alkanes) is 41. The van der Waals surface area contributed by atoms with Gasteiger partial charge in [0.15, 0.2) is 6.10 Å². The van der Waals surface area contributed by atoms with Crippen LogP contribution in [0.2, 0.25) is 0 Å². The van der Waals surface area contributed by atoms with E-state index in [-0.39, 0.29) is 31.1 Å². The summed E-state index contributed by atoms with van der Waals surface area (Å²) in [4.78, 5) is 38.3. The molecule has 0 aromatic rings. The third-order valence-corrected chi connectivity index (χ3v) is 15.0. The lowest BCUT2D eigenvalue weighted by molar-refractivity contribution is -0.167. The average molecular weight is 1080 g/mol. The normalized spacial score (nSPS) is 12.4. The smallest absolute Gasteiger partial charge is 0.306 e. The zero-order valence-electron chi connectivity index (χ0n) is 51.5. The molecule has 0 aromatic carbocycles. The lowest BCUT2D eigenvalue weighted by atomic mass is 10.0. The number of rotatable bonds is 62. The van der Waals surface area contributed by atoms with Gasteiger partial charge in [-0.2, -0.15) is 0 Å². The van der Waals surface area contributed by atoms with Crippen LogP contribution in [0.3, 0.4) is 0 Å². The first-order chi connectivity index (χ1) is 38.0. The number of allylic oxidation sites excluding steroid dienone is 10. The monoisotopic (exact) mass is 1080 g/mol. The number of hydrogen-bond donors (Lipinski definition) is 0. The van der Waals surface area contributed by atoms with Crippen LogP contribution in [-0.2, 0) is 28.6 Å². The summed E-state index contributed by atoms with van der Waals surface area (Å²) >= 11 is 0. The summed E-state index contributed by atoms with van der Waals surface area (Å²) in [6.45, 7) is 6.63. The summed E-state index contributed by atoms with van der Waals surface area (Å²) in [5, 5.41) is 0. The molecule has 6 heteroatoms. The van der Waals surface area contributed by atoms with E-state index in [2.05, 4.69) is 81.5 Å². The van der Waals surface area contributed by atoms with Crippen LogP contribution in [0, 0.1) is 0 Å². The molecule has 77 heavy (non-hydrogen) atoms. The van der Waals surface area contributed by atoms with Crippen molar-refractivity contribution < 1.29 is 28.6 Å². The molecule has 0 rings (SSSR count). The zero-order chi connectivity index (χ0) is 55.7. The Morgan fingerprint density at radius 3 is 0.740 bits per heavy atom. The van der Waals surface area contributed by atoms with Gasteiger partial charge in [0.25, 0.3) is 0 Å².